The van der Waals surface area contributed by atoms with Gasteiger partial charge in [-0.3, -0.25) is 0 Å². The van der Waals surface area contributed by atoms with Gasteiger partial charge in [-0.25, -0.2) is 0 Å². The first-order valence-electron chi connectivity index (χ1n) is 9.22. The smallest absolute Gasteiger partial charge is 0.167 e. The van der Waals surface area contributed by atoms with Gasteiger partial charge in [0.1, 0.15) is 11.4 Å². The number of piperidine rings is 1. The maximum Gasteiger partial charge on any atom is 0.167 e. The van der Waals surface area contributed by atoms with E-state index in [9.17, 15) is 0 Å². The van der Waals surface area contributed by atoms with Crippen LogP contribution in [-0.2, 0) is 0 Å². The molecule has 4 nitrogen and oxygen atoms in total. The first-order chi connectivity index (χ1) is 12.8. The summed E-state index contributed by atoms with van der Waals surface area (Å²) in [5, 5.41) is 4.20. The van der Waals surface area contributed by atoms with E-state index in [4.69, 9.17) is 9.26 Å². The fourth-order valence-corrected chi connectivity index (χ4v) is 3.49. The zero-order valence-electron chi connectivity index (χ0n) is 15.1. The summed E-state index contributed by atoms with van der Waals surface area (Å²) in [4.78, 5) is 2.38. The van der Waals surface area contributed by atoms with Gasteiger partial charge in [0.15, 0.2) is 5.76 Å². The zero-order valence-corrected chi connectivity index (χ0v) is 15.1. The Kier molecular flexibility index (Phi) is 5.02. The molecule has 1 fully saturated rings. The summed E-state index contributed by atoms with van der Waals surface area (Å²) in [7, 11) is 2.18. The molecule has 1 atom stereocenters. The molecule has 4 heteroatoms. The number of hydrogen-bond donors (Lipinski definition) is 0. The first kappa shape index (κ1) is 16.9. The van der Waals surface area contributed by atoms with E-state index < -0.39 is 0 Å². The number of benzene rings is 2. The van der Waals surface area contributed by atoms with E-state index in [2.05, 4.69) is 17.1 Å². The monoisotopic (exact) mass is 348 g/mol. The highest BCUT2D eigenvalue weighted by Gasteiger charge is 2.17. The van der Waals surface area contributed by atoms with Crippen LogP contribution < -0.4 is 4.74 Å². The first-order valence-corrected chi connectivity index (χ1v) is 9.22. The van der Waals surface area contributed by atoms with E-state index in [0.29, 0.717) is 5.92 Å². The highest BCUT2D eigenvalue weighted by atomic mass is 16.5. The van der Waals surface area contributed by atoms with Crippen LogP contribution in [0.15, 0.2) is 65.2 Å². The van der Waals surface area contributed by atoms with Gasteiger partial charge in [-0.1, -0.05) is 35.5 Å². The van der Waals surface area contributed by atoms with E-state index in [1.54, 1.807) is 0 Å². The van der Waals surface area contributed by atoms with Crippen LogP contribution in [0.2, 0.25) is 0 Å². The minimum absolute atomic E-state index is 0.623. The molecule has 1 aromatic heterocycles. The molecule has 0 saturated carbocycles. The van der Waals surface area contributed by atoms with Gasteiger partial charge in [0.05, 0.1) is 6.61 Å². The van der Waals surface area contributed by atoms with Gasteiger partial charge in [0.2, 0.25) is 0 Å². The van der Waals surface area contributed by atoms with Crippen LogP contribution in [0.1, 0.15) is 12.8 Å². The SMILES string of the molecule is CN1CCCC(COc2ccc(-c3cc(-c4ccccc4)on3)cc2)C1. The quantitative estimate of drug-likeness (QED) is 0.668. The van der Waals surface area contributed by atoms with Gasteiger partial charge in [0.25, 0.3) is 0 Å². The highest BCUT2D eigenvalue weighted by molar-refractivity contribution is 5.66. The number of ether oxygens (including phenoxy) is 1. The van der Waals surface area contributed by atoms with Gasteiger partial charge in [-0.15, -0.1) is 0 Å². The Labute approximate surface area is 154 Å². The summed E-state index contributed by atoms with van der Waals surface area (Å²) < 4.78 is 11.5. The van der Waals surface area contributed by atoms with Crippen LogP contribution in [0.5, 0.6) is 5.75 Å². The number of hydrogen-bond acceptors (Lipinski definition) is 4. The van der Waals surface area contributed by atoms with Crippen molar-refractivity contribution >= 4 is 0 Å². The molecule has 134 valence electrons. The lowest BCUT2D eigenvalue weighted by molar-refractivity contribution is 0.150. The summed E-state index contributed by atoms with van der Waals surface area (Å²) in [5.41, 5.74) is 2.90. The fraction of sp³-hybridized carbons (Fsp3) is 0.318. The summed E-state index contributed by atoms with van der Waals surface area (Å²) >= 11 is 0. The minimum atomic E-state index is 0.623. The van der Waals surface area contributed by atoms with Gasteiger partial charge >= 0.3 is 0 Å². The molecule has 2 heterocycles. The van der Waals surface area contributed by atoms with Crippen LogP contribution in [0.4, 0.5) is 0 Å². The molecule has 4 rings (SSSR count). The van der Waals surface area contributed by atoms with Crippen molar-refractivity contribution in [2.45, 2.75) is 12.8 Å². The maximum atomic E-state index is 5.99. The fourth-order valence-electron chi connectivity index (χ4n) is 3.49. The molecule has 0 radical (unpaired) electrons. The third-order valence-electron chi connectivity index (χ3n) is 4.93. The Morgan fingerprint density at radius 3 is 2.65 bits per heavy atom. The third kappa shape index (κ3) is 3.97. The Morgan fingerprint density at radius 2 is 1.88 bits per heavy atom. The van der Waals surface area contributed by atoms with E-state index in [1.165, 1.54) is 19.4 Å². The third-order valence-corrected chi connectivity index (χ3v) is 4.93. The molecule has 0 N–H and O–H groups in total. The van der Waals surface area contributed by atoms with E-state index in [-0.39, 0.29) is 0 Å². The molecule has 0 spiro atoms. The number of rotatable bonds is 5. The van der Waals surface area contributed by atoms with Crippen molar-refractivity contribution in [1.82, 2.24) is 10.1 Å². The lowest BCUT2D eigenvalue weighted by atomic mass is 9.99. The van der Waals surface area contributed by atoms with Crippen LogP contribution in [0, 0.1) is 5.92 Å². The second kappa shape index (κ2) is 7.75. The molecule has 1 aliphatic heterocycles. The van der Waals surface area contributed by atoms with E-state index in [1.807, 2.05) is 60.7 Å². The highest BCUT2D eigenvalue weighted by Crippen LogP contribution is 2.27. The normalized spacial score (nSPS) is 18.0. The van der Waals surface area contributed by atoms with Crippen molar-refractivity contribution in [3.8, 4) is 28.3 Å². The van der Waals surface area contributed by atoms with Crippen molar-refractivity contribution in [1.29, 1.82) is 0 Å². The van der Waals surface area contributed by atoms with E-state index >= 15 is 0 Å². The Balaban J connectivity index is 1.39. The maximum absolute atomic E-state index is 5.99. The van der Waals surface area contributed by atoms with Crippen molar-refractivity contribution in [2.24, 2.45) is 5.92 Å². The second-order valence-electron chi connectivity index (χ2n) is 7.05. The average molecular weight is 348 g/mol. The van der Waals surface area contributed by atoms with Crippen LogP contribution >= 0.6 is 0 Å². The van der Waals surface area contributed by atoms with Crippen molar-refractivity contribution in [2.75, 3.05) is 26.7 Å². The zero-order chi connectivity index (χ0) is 17.8. The molecular formula is C22H24N2O2. The predicted molar refractivity (Wildman–Crippen MR) is 103 cm³/mol. The van der Waals surface area contributed by atoms with Gasteiger partial charge in [-0.05, 0) is 50.7 Å². The Bertz CT molecular complexity index is 827. The van der Waals surface area contributed by atoms with Crippen LogP contribution in [0.25, 0.3) is 22.6 Å². The molecule has 2 aromatic carbocycles. The summed E-state index contributed by atoms with van der Waals surface area (Å²) in [6.07, 6.45) is 2.52. The minimum Gasteiger partial charge on any atom is -0.493 e. The molecule has 26 heavy (non-hydrogen) atoms. The lowest BCUT2D eigenvalue weighted by Crippen LogP contribution is -2.34. The molecule has 1 unspecified atom stereocenters. The second-order valence-corrected chi connectivity index (χ2v) is 7.05. The summed E-state index contributed by atoms with van der Waals surface area (Å²) in [5.74, 6) is 2.31. The largest absolute Gasteiger partial charge is 0.493 e. The number of likely N-dealkylation sites (tertiary alicyclic amines) is 1. The molecule has 1 aliphatic rings. The predicted octanol–water partition coefficient (Wildman–Crippen LogP) is 4.73. The van der Waals surface area contributed by atoms with Gasteiger partial charge < -0.3 is 14.2 Å². The van der Waals surface area contributed by atoms with Crippen molar-refractivity contribution in [3.63, 3.8) is 0 Å². The molecule has 3 aromatic rings. The van der Waals surface area contributed by atoms with Crippen molar-refractivity contribution in [3.05, 3.63) is 60.7 Å². The Hall–Kier alpha value is -2.59. The number of aromatic nitrogens is 1. The van der Waals surface area contributed by atoms with Crippen molar-refractivity contribution < 1.29 is 9.26 Å². The van der Waals surface area contributed by atoms with E-state index in [0.717, 1.165) is 41.5 Å². The average Bonchev–Trinajstić information content (AvgIpc) is 3.18. The summed E-state index contributed by atoms with van der Waals surface area (Å²) in [6.45, 7) is 3.11. The number of nitrogens with zero attached hydrogens (tertiary/aromatic N) is 2. The molecule has 1 saturated heterocycles. The van der Waals surface area contributed by atoms with Crippen LogP contribution in [-0.4, -0.2) is 36.8 Å². The Morgan fingerprint density at radius 1 is 1.08 bits per heavy atom. The van der Waals surface area contributed by atoms with Gasteiger partial charge in [-0.2, -0.15) is 0 Å². The molecule has 0 amide bonds. The van der Waals surface area contributed by atoms with Gasteiger partial charge in [0, 0.05) is 29.7 Å². The summed E-state index contributed by atoms with van der Waals surface area (Å²) in [6, 6.07) is 20.1. The molecule has 0 bridgehead atoms. The molecule has 0 aliphatic carbocycles. The van der Waals surface area contributed by atoms with Crippen LogP contribution in [0.3, 0.4) is 0 Å². The topological polar surface area (TPSA) is 38.5 Å². The standard InChI is InChI=1S/C22H24N2O2/c1-24-13-5-6-17(15-24)16-25-20-11-9-18(10-12-20)21-14-22(26-23-21)19-7-3-2-4-8-19/h2-4,7-12,14,17H,5-6,13,15-16H2,1H3. The lowest BCUT2D eigenvalue weighted by Gasteiger charge is -2.29. The molecular weight excluding hydrogens is 324 g/mol.